The molecule has 0 spiro atoms. The van der Waals surface area contributed by atoms with E-state index in [4.69, 9.17) is 0 Å². The zero-order chi connectivity index (χ0) is 11.9. The topological polar surface area (TPSA) is 40.5 Å². The molecule has 0 unspecified atom stereocenters. The lowest BCUT2D eigenvalue weighted by molar-refractivity contribution is 0.114. The van der Waals surface area contributed by atoms with Crippen molar-refractivity contribution in [1.82, 2.24) is 0 Å². The standard InChI is InChI=1S/C13H20O2S/c1-2-16-9-8-13(10-14,11-15)12-6-4-3-5-7-12/h3-7,14-15H,2,8-11H2,1H3. The summed E-state index contributed by atoms with van der Waals surface area (Å²) in [5.41, 5.74) is 0.542. The van der Waals surface area contributed by atoms with Crippen LogP contribution in [0.4, 0.5) is 0 Å². The third kappa shape index (κ3) is 3.24. The molecule has 0 heterocycles. The molecule has 1 aromatic carbocycles. The summed E-state index contributed by atoms with van der Waals surface area (Å²) in [4.78, 5) is 0. The predicted octanol–water partition coefficient (Wildman–Crippen LogP) is 2.05. The van der Waals surface area contributed by atoms with E-state index < -0.39 is 5.41 Å². The molecule has 0 fully saturated rings. The summed E-state index contributed by atoms with van der Waals surface area (Å²) in [5.74, 6) is 2.04. The first-order valence-corrected chi connectivity index (χ1v) is 6.79. The lowest BCUT2D eigenvalue weighted by atomic mass is 9.79. The van der Waals surface area contributed by atoms with Crippen molar-refractivity contribution >= 4 is 11.8 Å². The SMILES string of the molecule is CCSCCC(CO)(CO)c1ccccc1. The predicted molar refractivity (Wildman–Crippen MR) is 69.9 cm³/mol. The fourth-order valence-electron chi connectivity index (χ4n) is 1.74. The second kappa shape index (κ2) is 6.94. The molecule has 0 aliphatic heterocycles. The van der Waals surface area contributed by atoms with Crippen LogP contribution in [-0.2, 0) is 5.41 Å². The summed E-state index contributed by atoms with van der Waals surface area (Å²) in [7, 11) is 0. The third-order valence-electron chi connectivity index (χ3n) is 2.92. The molecule has 0 amide bonds. The van der Waals surface area contributed by atoms with Crippen LogP contribution in [0.1, 0.15) is 18.9 Å². The highest BCUT2D eigenvalue weighted by Gasteiger charge is 2.30. The van der Waals surface area contributed by atoms with Gasteiger partial charge in [0, 0.05) is 5.41 Å². The Kier molecular flexibility index (Phi) is 5.88. The van der Waals surface area contributed by atoms with E-state index in [0.29, 0.717) is 0 Å². The molecular formula is C13H20O2S. The summed E-state index contributed by atoms with van der Waals surface area (Å²) in [6.45, 7) is 2.11. The quantitative estimate of drug-likeness (QED) is 0.717. The molecule has 0 radical (unpaired) electrons. The Morgan fingerprint density at radius 3 is 2.25 bits per heavy atom. The van der Waals surface area contributed by atoms with Crippen LogP contribution in [-0.4, -0.2) is 34.9 Å². The highest BCUT2D eigenvalue weighted by atomic mass is 32.2. The van der Waals surface area contributed by atoms with Crippen LogP contribution in [0.2, 0.25) is 0 Å². The molecule has 0 saturated carbocycles. The van der Waals surface area contributed by atoms with Gasteiger partial charge in [-0.1, -0.05) is 37.3 Å². The van der Waals surface area contributed by atoms with Gasteiger partial charge in [0.1, 0.15) is 0 Å². The van der Waals surface area contributed by atoms with Crippen molar-refractivity contribution in [2.75, 3.05) is 24.7 Å². The Morgan fingerprint density at radius 1 is 1.12 bits per heavy atom. The number of thioether (sulfide) groups is 1. The summed E-state index contributed by atoms with van der Waals surface area (Å²) < 4.78 is 0. The average molecular weight is 240 g/mol. The van der Waals surface area contributed by atoms with Crippen LogP contribution >= 0.6 is 11.8 Å². The maximum atomic E-state index is 9.56. The second-order valence-corrected chi connectivity index (χ2v) is 5.30. The summed E-state index contributed by atoms with van der Waals surface area (Å²) in [5, 5.41) is 19.1. The monoisotopic (exact) mass is 240 g/mol. The van der Waals surface area contributed by atoms with Crippen LogP contribution in [0.5, 0.6) is 0 Å². The Labute approximate surface area is 102 Å². The first-order chi connectivity index (χ1) is 7.79. The Balaban J connectivity index is 2.79. The van der Waals surface area contributed by atoms with E-state index >= 15 is 0 Å². The Morgan fingerprint density at radius 2 is 1.75 bits per heavy atom. The number of rotatable bonds is 7. The molecule has 1 rings (SSSR count). The van der Waals surface area contributed by atoms with Crippen LogP contribution in [0.3, 0.4) is 0 Å². The average Bonchev–Trinajstić information content (AvgIpc) is 2.36. The van der Waals surface area contributed by atoms with Gasteiger partial charge in [-0.25, -0.2) is 0 Å². The van der Waals surface area contributed by atoms with Gasteiger partial charge in [-0.15, -0.1) is 0 Å². The van der Waals surface area contributed by atoms with E-state index in [1.165, 1.54) is 0 Å². The molecule has 0 aliphatic rings. The van der Waals surface area contributed by atoms with Crippen LogP contribution < -0.4 is 0 Å². The van der Waals surface area contributed by atoms with E-state index in [1.807, 2.05) is 42.1 Å². The molecule has 0 aromatic heterocycles. The molecule has 0 saturated heterocycles. The van der Waals surface area contributed by atoms with Gasteiger partial charge in [0.05, 0.1) is 13.2 Å². The minimum absolute atomic E-state index is 0.00219. The number of aliphatic hydroxyl groups is 2. The minimum atomic E-state index is -0.483. The molecule has 2 N–H and O–H groups in total. The molecule has 16 heavy (non-hydrogen) atoms. The van der Waals surface area contributed by atoms with Crippen molar-refractivity contribution in [3.05, 3.63) is 35.9 Å². The van der Waals surface area contributed by atoms with Gasteiger partial charge in [-0.3, -0.25) is 0 Å². The Hall–Kier alpha value is -0.510. The van der Waals surface area contributed by atoms with E-state index in [1.54, 1.807) is 0 Å². The number of aliphatic hydroxyl groups excluding tert-OH is 2. The number of hydrogen-bond donors (Lipinski definition) is 2. The number of benzene rings is 1. The van der Waals surface area contributed by atoms with Gasteiger partial charge in [0.15, 0.2) is 0 Å². The van der Waals surface area contributed by atoms with Crippen molar-refractivity contribution in [3.8, 4) is 0 Å². The van der Waals surface area contributed by atoms with Crippen LogP contribution in [0.25, 0.3) is 0 Å². The van der Waals surface area contributed by atoms with E-state index in [2.05, 4.69) is 6.92 Å². The molecule has 0 aliphatic carbocycles. The van der Waals surface area contributed by atoms with Gasteiger partial charge in [-0.05, 0) is 23.5 Å². The van der Waals surface area contributed by atoms with Crippen molar-refractivity contribution in [3.63, 3.8) is 0 Å². The van der Waals surface area contributed by atoms with E-state index in [-0.39, 0.29) is 13.2 Å². The van der Waals surface area contributed by atoms with Crippen LogP contribution in [0.15, 0.2) is 30.3 Å². The molecule has 1 aromatic rings. The lowest BCUT2D eigenvalue weighted by Gasteiger charge is -2.30. The van der Waals surface area contributed by atoms with Crippen molar-refractivity contribution in [2.45, 2.75) is 18.8 Å². The largest absolute Gasteiger partial charge is 0.395 e. The first kappa shape index (κ1) is 13.6. The Bertz CT molecular complexity index is 283. The van der Waals surface area contributed by atoms with Crippen LogP contribution in [0, 0.1) is 0 Å². The van der Waals surface area contributed by atoms with Crippen molar-refractivity contribution in [1.29, 1.82) is 0 Å². The molecular weight excluding hydrogens is 220 g/mol. The van der Waals surface area contributed by atoms with E-state index in [9.17, 15) is 10.2 Å². The van der Waals surface area contributed by atoms with Gasteiger partial charge in [0.2, 0.25) is 0 Å². The maximum absolute atomic E-state index is 9.56. The minimum Gasteiger partial charge on any atom is -0.395 e. The fraction of sp³-hybridized carbons (Fsp3) is 0.538. The van der Waals surface area contributed by atoms with Crippen molar-refractivity contribution in [2.24, 2.45) is 0 Å². The zero-order valence-corrected chi connectivity index (χ0v) is 10.5. The molecule has 0 bridgehead atoms. The lowest BCUT2D eigenvalue weighted by Crippen LogP contribution is -2.35. The normalized spacial score (nSPS) is 11.7. The molecule has 90 valence electrons. The molecule has 0 atom stereocenters. The molecule has 2 nitrogen and oxygen atoms in total. The zero-order valence-electron chi connectivity index (χ0n) is 9.72. The van der Waals surface area contributed by atoms with E-state index in [0.717, 1.165) is 23.5 Å². The summed E-state index contributed by atoms with van der Waals surface area (Å²) in [6.07, 6.45) is 0.808. The highest BCUT2D eigenvalue weighted by Crippen LogP contribution is 2.28. The van der Waals surface area contributed by atoms with Gasteiger partial charge < -0.3 is 10.2 Å². The van der Waals surface area contributed by atoms with Gasteiger partial charge >= 0.3 is 0 Å². The second-order valence-electron chi connectivity index (χ2n) is 3.91. The number of hydrogen-bond acceptors (Lipinski definition) is 3. The smallest absolute Gasteiger partial charge is 0.0550 e. The fourth-order valence-corrected chi connectivity index (χ4v) is 2.56. The van der Waals surface area contributed by atoms with Gasteiger partial charge in [-0.2, -0.15) is 11.8 Å². The first-order valence-electron chi connectivity index (χ1n) is 5.64. The maximum Gasteiger partial charge on any atom is 0.0550 e. The summed E-state index contributed by atoms with van der Waals surface area (Å²) >= 11 is 1.84. The third-order valence-corrected chi connectivity index (χ3v) is 3.82. The van der Waals surface area contributed by atoms with Gasteiger partial charge in [0.25, 0.3) is 0 Å². The highest BCUT2D eigenvalue weighted by molar-refractivity contribution is 7.99. The van der Waals surface area contributed by atoms with Crippen molar-refractivity contribution < 1.29 is 10.2 Å². The molecule has 3 heteroatoms. The summed E-state index contributed by atoms with van der Waals surface area (Å²) in [6, 6.07) is 9.79.